The summed E-state index contributed by atoms with van der Waals surface area (Å²) < 4.78 is 5.06. The Kier molecular flexibility index (Phi) is 4.05. The average Bonchev–Trinajstić information content (AvgIpc) is 2.26. The van der Waals surface area contributed by atoms with Crippen LogP contribution in [-0.2, 0) is 5.60 Å². The van der Waals surface area contributed by atoms with Crippen LogP contribution in [0.15, 0.2) is 18.5 Å². The van der Waals surface area contributed by atoms with Gasteiger partial charge >= 0.3 is 0 Å². The second kappa shape index (κ2) is 5.09. The first-order valence-corrected chi connectivity index (χ1v) is 5.02. The predicted octanol–water partition coefficient (Wildman–Crippen LogP) is 0.907. The third kappa shape index (κ3) is 3.18. The molecule has 1 aromatic rings. The molecule has 0 amide bonds. The van der Waals surface area contributed by atoms with Gasteiger partial charge in [-0.3, -0.25) is 4.98 Å². The number of likely N-dealkylation sites (N-methyl/N-ethyl adjacent to an activating group) is 1. The van der Waals surface area contributed by atoms with Gasteiger partial charge in [0.05, 0.1) is 13.3 Å². The number of ether oxygens (including phenoxy) is 1. The Morgan fingerprint density at radius 1 is 1.53 bits per heavy atom. The Hall–Kier alpha value is -1.13. The van der Waals surface area contributed by atoms with Crippen LogP contribution >= 0.6 is 0 Å². The van der Waals surface area contributed by atoms with E-state index >= 15 is 0 Å². The van der Waals surface area contributed by atoms with E-state index in [0.29, 0.717) is 12.3 Å². The van der Waals surface area contributed by atoms with Crippen molar-refractivity contribution in [1.29, 1.82) is 0 Å². The number of nitrogens with zero attached hydrogens (tertiary/aromatic N) is 1. The van der Waals surface area contributed by atoms with Gasteiger partial charge in [-0.15, -0.1) is 0 Å². The molecule has 4 nitrogen and oxygen atoms in total. The Labute approximate surface area is 90.3 Å². The second-order valence-electron chi connectivity index (χ2n) is 3.67. The summed E-state index contributed by atoms with van der Waals surface area (Å²) in [6.07, 6.45) is 3.27. The molecule has 0 spiro atoms. The zero-order valence-corrected chi connectivity index (χ0v) is 9.45. The van der Waals surface area contributed by atoms with Crippen LogP contribution in [0.3, 0.4) is 0 Å². The minimum Gasteiger partial charge on any atom is -0.495 e. The summed E-state index contributed by atoms with van der Waals surface area (Å²) in [4.78, 5) is 4.02. The SMILES string of the molecule is CCNCC(C)(O)c1cncc(OC)c1. The molecule has 1 heterocycles. The molecule has 15 heavy (non-hydrogen) atoms. The largest absolute Gasteiger partial charge is 0.495 e. The van der Waals surface area contributed by atoms with Crippen LogP contribution in [0.4, 0.5) is 0 Å². The van der Waals surface area contributed by atoms with Crippen molar-refractivity contribution < 1.29 is 9.84 Å². The number of hydrogen-bond donors (Lipinski definition) is 2. The predicted molar refractivity (Wildman–Crippen MR) is 58.9 cm³/mol. The Morgan fingerprint density at radius 2 is 2.27 bits per heavy atom. The van der Waals surface area contributed by atoms with E-state index in [0.717, 1.165) is 12.1 Å². The maximum Gasteiger partial charge on any atom is 0.137 e. The number of hydrogen-bond acceptors (Lipinski definition) is 4. The van der Waals surface area contributed by atoms with Crippen molar-refractivity contribution in [3.8, 4) is 5.75 Å². The Balaban J connectivity index is 2.83. The van der Waals surface area contributed by atoms with E-state index in [1.54, 1.807) is 32.5 Å². The first-order chi connectivity index (χ1) is 7.10. The molecular formula is C11H18N2O2. The van der Waals surface area contributed by atoms with Crippen LogP contribution in [0.25, 0.3) is 0 Å². The fourth-order valence-corrected chi connectivity index (χ4v) is 1.30. The summed E-state index contributed by atoms with van der Waals surface area (Å²) in [5.74, 6) is 0.657. The second-order valence-corrected chi connectivity index (χ2v) is 3.67. The van der Waals surface area contributed by atoms with E-state index < -0.39 is 5.60 Å². The maximum atomic E-state index is 10.2. The van der Waals surface area contributed by atoms with Gasteiger partial charge in [-0.2, -0.15) is 0 Å². The number of aliphatic hydroxyl groups is 1. The molecule has 84 valence electrons. The quantitative estimate of drug-likeness (QED) is 0.758. The lowest BCUT2D eigenvalue weighted by Gasteiger charge is -2.23. The Bertz CT molecular complexity index is 313. The van der Waals surface area contributed by atoms with E-state index in [1.807, 2.05) is 6.92 Å². The molecule has 0 aliphatic rings. The van der Waals surface area contributed by atoms with Crippen LogP contribution in [0.2, 0.25) is 0 Å². The van der Waals surface area contributed by atoms with Crippen molar-refractivity contribution in [2.24, 2.45) is 0 Å². The molecule has 2 N–H and O–H groups in total. The minimum absolute atomic E-state index is 0.498. The lowest BCUT2D eigenvalue weighted by atomic mass is 9.98. The van der Waals surface area contributed by atoms with Gasteiger partial charge in [0.25, 0.3) is 0 Å². The lowest BCUT2D eigenvalue weighted by Crippen LogP contribution is -2.35. The summed E-state index contributed by atoms with van der Waals surface area (Å²) in [5, 5.41) is 13.3. The van der Waals surface area contributed by atoms with Gasteiger partial charge in [0.2, 0.25) is 0 Å². The standard InChI is InChI=1S/C11H18N2O2/c1-4-12-8-11(2,14)9-5-10(15-3)7-13-6-9/h5-7,12,14H,4,8H2,1-3H3. The van der Waals surface area contributed by atoms with Crippen molar-refractivity contribution in [2.45, 2.75) is 19.4 Å². The molecule has 0 bridgehead atoms. The summed E-state index contributed by atoms with van der Waals surface area (Å²) in [6.45, 7) is 5.08. The molecule has 4 heteroatoms. The van der Waals surface area contributed by atoms with Crippen molar-refractivity contribution >= 4 is 0 Å². The van der Waals surface area contributed by atoms with Crippen LogP contribution in [0.1, 0.15) is 19.4 Å². The highest BCUT2D eigenvalue weighted by molar-refractivity contribution is 5.27. The summed E-state index contributed by atoms with van der Waals surface area (Å²) in [5.41, 5.74) is -0.167. The normalized spacial score (nSPS) is 14.7. The van der Waals surface area contributed by atoms with Crippen LogP contribution in [0.5, 0.6) is 5.75 Å². The topological polar surface area (TPSA) is 54.4 Å². The molecule has 1 atom stereocenters. The van der Waals surface area contributed by atoms with Gasteiger partial charge in [-0.25, -0.2) is 0 Å². The van der Waals surface area contributed by atoms with Crippen molar-refractivity contribution in [3.63, 3.8) is 0 Å². The number of rotatable bonds is 5. The first kappa shape index (κ1) is 11.9. The lowest BCUT2D eigenvalue weighted by molar-refractivity contribution is 0.0570. The summed E-state index contributed by atoms with van der Waals surface area (Å²) >= 11 is 0. The molecule has 0 radical (unpaired) electrons. The molecule has 1 aromatic heterocycles. The smallest absolute Gasteiger partial charge is 0.137 e. The molecule has 0 aromatic carbocycles. The van der Waals surface area contributed by atoms with Gasteiger partial charge in [0.1, 0.15) is 11.4 Å². The Morgan fingerprint density at radius 3 is 2.87 bits per heavy atom. The average molecular weight is 210 g/mol. The van der Waals surface area contributed by atoms with E-state index in [-0.39, 0.29) is 0 Å². The third-order valence-electron chi connectivity index (χ3n) is 2.29. The molecule has 0 fully saturated rings. The van der Waals surface area contributed by atoms with Gasteiger partial charge in [0, 0.05) is 18.3 Å². The van der Waals surface area contributed by atoms with E-state index in [2.05, 4.69) is 10.3 Å². The number of aromatic nitrogens is 1. The fourth-order valence-electron chi connectivity index (χ4n) is 1.30. The number of pyridine rings is 1. The molecule has 0 saturated carbocycles. The summed E-state index contributed by atoms with van der Waals surface area (Å²) in [7, 11) is 1.58. The highest BCUT2D eigenvalue weighted by Gasteiger charge is 2.23. The van der Waals surface area contributed by atoms with E-state index in [1.165, 1.54) is 0 Å². The van der Waals surface area contributed by atoms with Crippen molar-refractivity contribution in [1.82, 2.24) is 10.3 Å². The van der Waals surface area contributed by atoms with Gasteiger partial charge in [-0.05, 0) is 19.5 Å². The van der Waals surface area contributed by atoms with Gasteiger partial charge < -0.3 is 15.2 Å². The van der Waals surface area contributed by atoms with Crippen LogP contribution in [0, 0.1) is 0 Å². The molecule has 0 aliphatic carbocycles. The monoisotopic (exact) mass is 210 g/mol. The highest BCUT2D eigenvalue weighted by atomic mass is 16.5. The van der Waals surface area contributed by atoms with E-state index in [9.17, 15) is 5.11 Å². The zero-order valence-electron chi connectivity index (χ0n) is 9.45. The van der Waals surface area contributed by atoms with Gasteiger partial charge in [-0.1, -0.05) is 6.92 Å². The van der Waals surface area contributed by atoms with Crippen molar-refractivity contribution in [3.05, 3.63) is 24.0 Å². The zero-order chi connectivity index (χ0) is 11.3. The summed E-state index contributed by atoms with van der Waals surface area (Å²) in [6, 6.07) is 1.80. The minimum atomic E-state index is -0.919. The van der Waals surface area contributed by atoms with E-state index in [4.69, 9.17) is 4.74 Å². The highest BCUT2D eigenvalue weighted by Crippen LogP contribution is 2.22. The molecule has 1 rings (SSSR count). The molecule has 1 unspecified atom stereocenters. The molecule has 0 aliphatic heterocycles. The van der Waals surface area contributed by atoms with Crippen LogP contribution in [-0.4, -0.2) is 30.3 Å². The third-order valence-corrected chi connectivity index (χ3v) is 2.29. The van der Waals surface area contributed by atoms with Gasteiger partial charge in [0.15, 0.2) is 0 Å². The van der Waals surface area contributed by atoms with Crippen molar-refractivity contribution in [2.75, 3.05) is 20.2 Å². The number of nitrogens with one attached hydrogen (secondary N) is 1. The molecular weight excluding hydrogens is 192 g/mol. The number of methoxy groups -OCH3 is 1. The maximum absolute atomic E-state index is 10.2. The first-order valence-electron chi connectivity index (χ1n) is 5.02. The molecule has 0 saturated heterocycles. The van der Waals surface area contributed by atoms with Crippen LogP contribution < -0.4 is 10.1 Å². The fraction of sp³-hybridized carbons (Fsp3) is 0.545.